The molecule has 0 aliphatic carbocycles. The minimum Gasteiger partial charge on any atom is -0.486 e. The maximum atomic E-state index is 12.4. The van der Waals surface area contributed by atoms with Crippen LogP contribution in [0.4, 0.5) is 0 Å². The summed E-state index contributed by atoms with van der Waals surface area (Å²) >= 11 is 0. The molecule has 1 heterocycles. The molecule has 1 aromatic rings. The maximum absolute atomic E-state index is 12.4. The molecule has 0 spiro atoms. The van der Waals surface area contributed by atoms with Crippen LogP contribution in [-0.4, -0.2) is 41.7 Å². The van der Waals surface area contributed by atoms with Crippen LogP contribution in [-0.2, 0) is 15.6 Å². The lowest BCUT2D eigenvalue weighted by atomic mass is 10.0. The molecule has 1 aliphatic heterocycles. The second-order valence-corrected chi connectivity index (χ2v) is 7.81. The highest BCUT2D eigenvalue weighted by atomic mass is 35.5. The second-order valence-electron chi connectivity index (χ2n) is 6.23. The molecule has 0 radical (unpaired) electrons. The van der Waals surface area contributed by atoms with Crippen molar-refractivity contribution >= 4 is 29.1 Å². The van der Waals surface area contributed by atoms with E-state index < -0.39 is 10.8 Å². The summed E-state index contributed by atoms with van der Waals surface area (Å²) in [7, 11) is -1.26. The predicted octanol–water partition coefficient (Wildman–Crippen LogP) is 1.87. The van der Waals surface area contributed by atoms with Gasteiger partial charge in [-0.05, 0) is 24.5 Å². The van der Waals surface area contributed by atoms with Gasteiger partial charge in [0.2, 0.25) is 5.91 Å². The van der Waals surface area contributed by atoms with Crippen LogP contribution < -0.4 is 20.5 Å². The van der Waals surface area contributed by atoms with E-state index in [2.05, 4.69) is 19.2 Å². The van der Waals surface area contributed by atoms with Crippen molar-refractivity contribution in [2.45, 2.75) is 37.6 Å². The predicted molar refractivity (Wildman–Crippen MR) is 101 cm³/mol. The summed E-state index contributed by atoms with van der Waals surface area (Å²) in [6.45, 7) is 5.60. The molecule has 8 heteroatoms. The van der Waals surface area contributed by atoms with Crippen LogP contribution in [0.3, 0.4) is 0 Å². The van der Waals surface area contributed by atoms with Crippen LogP contribution in [0.1, 0.15) is 26.7 Å². The van der Waals surface area contributed by atoms with Crippen LogP contribution in [0.15, 0.2) is 23.1 Å². The minimum atomic E-state index is -1.26. The third kappa shape index (κ3) is 6.84. The van der Waals surface area contributed by atoms with Crippen LogP contribution in [0, 0.1) is 5.92 Å². The Balaban J connectivity index is 0.00000312. The normalized spacial score (nSPS) is 15.2. The van der Waals surface area contributed by atoms with E-state index in [9.17, 15) is 9.00 Å². The fraction of sp³-hybridized carbons (Fsp3) is 0.588. The van der Waals surface area contributed by atoms with Crippen molar-refractivity contribution in [3.63, 3.8) is 0 Å². The van der Waals surface area contributed by atoms with Crippen LogP contribution >= 0.6 is 12.4 Å². The zero-order valence-electron chi connectivity index (χ0n) is 14.7. The van der Waals surface area contributed by atoms with Crippen molar-refractivity contribution in [2.75, 3.05) is 25.5 Å². The molecule has 1 aliphatic rings. The SMILES string of the molecule is CC(C)CC(CN)NC(=O)CCS(=O)c1ccc2c(c1)OCCO2.Cl. The Bertz CT molecular complexity index is 598. The number of nitrogens with one attached hydrogen (secondary N) is 1. The van der Waals surface area contributed by atoms with E-state index >= 15 is 0 Å². The molecule has 25 heavy (non-hydrogen) atoms. The fourth-order valence-electron chi connectivity index (χ4n) is 2.55. The van der Waals surface area contributed by atoms with E-state index in [1.807, 2.05) is 0 Å². The monoisotopic (exact) mass is 390 g/mol. The summed E-state index contributed by atoms with van der Waals surface area (Å²) in [6.07, 6.45) is 1.04. The average molecular weight is 391 g/mol. The molecule has 3 N–H and O–H groups in total. The summed E-state index contributed by atoms with van der Waals surface area (Å²) in [6, 6.07) is 5.21. The van der Waals surface area contributed by atoms with E-state index in [-0.39, 0.29) is 36.5 Å². The highest BCUT2D eigenvalue weighted by Gasteiger charge is 2.16. The Hall–Kier alpha value is -1.31. The number of nitrogens with two attached hydrogens (primary N) is 1. The lowest BCUT2D eigenvalue weighted by Gasteiger charge is -2.19. The third-order valence-electron chi connectivity index (χ3n) is 3.70. The topological polar surface area (TPSA) is 90.7 Å². The quantitative estimate of drug-likeness (QED) is 0.707. The molecular formula is C17H27ClN2O4S. The smallest absolute Gasteiger partial charge is 0.221 e. The summed E-state index contributed by atoms with van der Waals surface area (Å²) in [5, 5.41) is 2.91. The summed E-state index contributed by atoms with van der Waals surface area (Å²) in [5.74, 6) is 1.89. The van der Waals surface area contributed by atoms with Crippen molar-refractivity contribution in [2.24, 2.45) is 11.7 Å². The largest absolute Gasteiger partial charge is 0.486 e. The van der Waals surface area contributed by atoms with Crippen LogP contribution in [0.2, 0.25) is 0 Å². The molecule has 0 saturated carbocycles. The number of benzene rings is 1. The van der Waals surface area contributed by atoms with Gasteiger partial charge in [-0.2, -0.15) is 0 Å². The molecule has 142 valence electrons. The number of hydrogen-bond donors (Lipinski definition) is 2. The van der Waals surface area contributed by atoms with Gasteiger partial charge in [0, 0.05) is 35.7 Å². The lowest BCUT2D eigenvalue weighted by Crippen LogP contribution is -2.41. The van der Waals surface area contributed by atoms with Crippen LogP contribution in [0.25, 0.3) is 0 Å². The molecule has 6 nitrogen and oxygen atoms in total. The minimum absolute atomic E-state index is 0. The molecule has 1 aromatic carbocycles. The van der Waals surface area contributed by atoms with Gasteiger partial charge in [0.15, 0.2) is 11.5 Å². The number of carbonyl (C=O) groups excluding carboxylic acids is 1. The van der Waals surface area contributed by atoms with Gasteiger partial charge >= 0.3 is 0 Å². The Kier molecular flexibility index (Phi) is 9.24. The zero-order valence-corrected chi connectivity index (χ0v) is 16.3. The number of hydrogen-bond acceptors (Lipinski definition) is 5. The number of amides is 1. The molecule has 0 bridgehead atoms. The van der Waals surface area contributed by atoms with Crippen molar-refractivity contribution in [3.8, 4) is 11.5 Å². The van der Waals surface area contributed by atoms with E-state index in [1.54, 1.807) is 18.2 Å². The van der Waals surface area contributed by atoms with Gasteiger partial charge in [-0.3, -0.25) is 9.00 Å². The van der Waals surface area contributed by atoms with E-state index in [0.717, 1.165) is 6.42 Å². The number of fused-ring (bicyclic) bond motifs is 1. The first-order valence-corrected chi connectivity index (χ1v) is 9.59. The van der Waals surface area contributed by atoms with Gasteiger partial charge in [-0.25, -0.2) is 0 Å². The van der Waals surface area contributed by atoms with Gasteiger partial charge in [-0.1, -0.05) is 13.8 Å². The van der Waals surface area contributed by atoms with Gasteiger partial charge in [0.25, 0.3) is 0 Å². The van der Waals surface area contributed by atoms with Crippen LogP contribution in [0.5, 0.6) is 11.5 Å². The maximum Gasteiger partial charge on any atom is 0.221 e. The number of halogens is 1. The molecule has 1 amide bonds. The number of rotatable bonds is 8. The molecule has 2 atom stereocenters. The zero-order chi connectivity index (χ0) is 17.5. The van der Waals surface area contributed by atoms with E-state index in [0.29, 0.717) is 42.1 Å². The molecule has 2 unspecified atom stereocenters. The van der Waals surface area contributed by atoms with E-state index in [1.165, 1.54) is 0 Å². The second kappa shape index (κ2) is 10.6. The first kappa shape index (κ1) is 21.7. The fourth-order valence-corrected chi connectivity index (χ4v) is 3.62. The van der Waals surface area contributed by atoms with Gasteiger partial charge in [0.1, 0.15) is 13.2 Å². The van der Waals surface area contributed by atoms with Gasteiger partial charge < -0.3 is 20.5 Å². The van der Waals surface area contributed by atoms with Crippen molar-refractivity contribution in [1.82, 2.24) is 5.32 Å². The molecule has 0 aromatic heterocycles. The Morgan fingerprint density at radius 1 is 1.28 bits per heavy atom. The molecule has 0 saturated heterocycles. The molecule has 0 fully saturated rings. The number of ether oxygens (including phenoxy) is 2. The summed E-state index contributed by atoms with van der Waals surface area (Å²) in [4.78, 5) is 12.7. The molecule has 2 rings (SSSR count). The summed E-state index contributed by atoms with van der Waals surface area (Å²) in [5.41, 5.74) is 5.68. The highest BCUT2D eigenvalue weighted by molar-refractivity contribution is 7.85. The lowest BCUT2D eigenvalue weighted by molar-refractivity contribution is -0.121. The number of carbonyl (C=O) groups is 1. The van der Waals surface area contributed by atoms with Gasteiger partial charge in [-0.15, -0.1) is 12.4 Å². The average Bonchev–Trinajstić information content (AvgIpc) is 2.58. The van der Waals surface area contributed by atoms with Crippen molar-refractivity contribution in [3.05, 3.63) is 18.2 Å². The standard InChI is InChI=1S/C17H26N2O4S.ClH/c1-12(2)9-13(11-18)19-17(20)5-8-24(21)14-3-4-15-16(10-14)23-7-6-22-15;/h3-4,10,12-13H,5-9,11,18H2,1-2H3,(H,19,20);1H. The van der Waals surface area contributed by atoms with Crippen molar-refractivity contribution in [1.29, 1.82) is 0 Å². The first-order valence-electron chi connectivity index (χ1n) is 8.27. The molecular weight excluding hydrogens is 364 g/mol. The van der Waals surface area contributed by atoms with Gasteiger partial charge in [0.05, 0.1) is 10.8 Å². The Morgan fingerprint density at radius 2 is 1.96 bits per heavy atom. The van der Waals surface area contributed by atoms with E-state index in [4.69, 9.17) is 15.2 Å². The summed E-state index contributed by atoms with van der Waals surface area (Å²) < 4.78 is 23.3. The Morgan fingerprint density at radius 3 is 2.60 bits per heavy atom. The Labute approximate surface area is 157 Å². The van der Waals surface area contributed by atoms with Crippen molar-refractivity contribution < 1.29 is 18.5 Å². The highest BCUT2D eigenvalue weighted by Crippen LogP contribution is 2.31. The first-order chi connectivity index (χ1) is 11.5. The third-order valence-corrected chi connectivity index (χ3v) is 5.05.